The van der Waals surface area contributed by atoms with Crippen LogP contribution in [0.3, 0.4) is 0 Å². The lowest BCUT2D eigenvalue weighted by molar-refractivity contribution is 0.0120. The summed E-state index contributed by atoms with van der Waals surface area (Å²) in [5.74, 6) is 0. The number of ether oxygens (including phenoxy) is 1. The molecule has 0 bridgehead atoms. The first kappa shape index (κ1) is 16.4. The van der Waals surface area contributed by atoms with Gasteiger partial charge >= 0.3 is 0 Å². The van der Waals surface area contributed by atoms with Crippen LogP contribution < -0.4 is 5.73 Å². The number of benzene rings is 1. The normalized spacial score (nSPS) is 20.3. The summed E-state index contributed by atoms with van der Waals surface area (Å²) in [4.78, 5) is 2.43. The highest BCUT2D eigenvalue weighted by Crippen LogP contribution is 2.23. The Morgan fingerprint density at radius 1 is 1.29 bits per heavy atom. The summed E-state index contributed by atoms with van der Waals surface area (Å²) >= 11 is 0. The molecule has 21 heavy (non-hydrogen) atoms. The van der Waals surface area contributed by atoms with Gasteiger partial charge in [0.15, 0.2) is 0 Å². The van der Waals surface area contributed by atoms with Gasteiger partial charge in [0.25, 0.3) is 0 Å². The highest BCUT2D eigenvalue weighted by molar-refractivity contribution is 5.24. The van der Waals surface area contributed by atoms with Crippen LogP contribution in [0.1, 0.15) is 31.7 Å². The maximum absolute atomic E-state index is 9.72. The fourth-order valence-corrected chi connectivity index (χ4v) is 2.98. The van der Waals surface area contributed by atoms with Crippen molar-refractivity contribution in [2.75, 3.05) is 32.8 Å². The first-order chi connectivity index (χ1) is 10.2. The minimum atomic E-state index is -0.641. The van der Waals surface area contributed by atoms with E-state index in [1.165, 1.54) is 0 Å². The molecule has 3 N–H and O–H groups in total. The minimum absolute atomic E-state index is 0.0214. The van der Waals surface area contributed by atoms with Gasteiger partial charge in [0.05, 0.1) is 18.2 Å². The number of hydrogen-bond donors (Lipinski definition) is 2. The lowest BCUT2D eigenvalue weighted by Gasteiger charge is -2.35. The van der Waals surface area contributed by atoms with Crippen LogP contribution >= 0.6 is 0 Å². The average molecular weight is 292 g/mol. The Kier molecular flexibility index (Phi) is 6.18. The third-order valence-corrected chi connectivity index (χ3v) is 4.44. The summed E-state index contributed by atoms with van der Waals surface area (Å²) in [5, 5.41) is 9.72. The van der Waals surface area contributed by atoms with Gasteiger partial charge in [0, 0.05) is 26.2 Å². The summed E-state index contributed by atoms with van der Waals surface area (Å²) in [6, 6.07) is 9.91. The molecule has 1 heterocycles. The monoisotopic (exact) mass is 292 g/mol. The van der Waals surface area contributed by atoms with Crippen LogP contribution in [-0.2, 0) is 10.3 Å². The molecule has 0 saturated carbocycles. The molecular formula is C17H28N2O2. The zero-order valence-corrected chi connectivity index (χ0v) is 13.0. The number of aliphatic hydroxyl groups is 1. The topological polar surface area (TPSA) is 58.7 Å². The molecule has 1 atom stereocenters. The number of piperidine rings is 1. The molecule has 1 aromatic rings. The molecule has 0 aliphatic carbocycles. The fraction of sp³-hybridized carbons (Fsp3) is 0.647. The molecule has 1 unspecified atom stereocenters. The third-order valence-electron chi connectivity index (χ3n) is 4.44. The van der Waals surface area contributed by atoms with Crippen LogP contribution in [0.25, 0.3) is 0 Å². The van der Waals surface area contributed by atoms with Crippen molar-refractivity contribution in [2.45, 2.75) is 37.8 Å². The average Bonchev–Trinajstić information content (AvgIpc) is 2.55. The quantitative estimate of drug-likeness (QED) is 0.803. The van der Waals surface area contributed by atoms with E-state index in [1.807, 2.05) is 30.3 Å². The number of likely N-dealkylation sites (tertiary alicyclic amines) is 1. The number of rotatable bonds is 7. The van der Waals surface area contributed by atoms with E-state index in [1.54, 1.807) is 0 Å². The summed E-state index contributed by atoms with van der Waals surface area (Å²) in [6.45, 7) is 5.87. The Labute approximate surface area is 127 Å². The summed E-state index contributed by atoms with van der Waals surface area (Å²) in [7, 11) is 0. The van der Waals surface area contributed by atoms with Crippen molar-refractivity contribution in [2.24, 2.45) is 5.73 Å². The lowest BCUT2D eigenvalue weighted by atomic mass is 9.88. The number of nitrogens with two attached hydrogens (primary N) is 1. The SMILES string of the molecule is CCOC1CCN(CCC(N)(CO)c2ccccc2)CC1. The van der Waals surface area contributed by atoms with Crippen LogP contribution in [0, 0.1) is 0 Å². The Morgan fingerprint density at radius 2 is 1.95 bits per heavy atom. The van der Waals surface area contributed by atoms with Crippen molar-refractivity contribution in [1.82, 2.24) is 4.90 Å². The Morgan fingerprint density at radius 3 is 2.52 bits per heavy atom. The van der Waals surface area contributed by atoms with Crippen LogP contribution in [0.15, 0.2) is 30.3 Å². The molecule has 1 saturated heterocycles. The molecule has 118 valence electrons. The van der Waals surface area contributed by atoms with Gasteiger partial charge in [-0.25, -0.2) is 0 Å². The molecule has 0 spiro atoms. The van der Waals surface area contributed by atoms with Crippen molar-refractivity contribution in [3.8, 4) is 0 Å². The Bertz CT molecular complexity index is 405. The van der Waals surface area contributed by atoms with Crippen LogP contribution in [0.2, 0.25) is 0 Å². The van der Waals surface area contributed by atoms with Gasteiger partial charge in [-0.1, -0.05) is 30.3 Å². The highest BCUT2D eigenvalue weighted by Gasteiger charge is 2.28. The zero-order valence-electron chi connectivity index (χ0n) is 13.0. The zero-order chi connectivity index (χ0) is 15.1. The van der Waals surface area contributed by atoms with Gasteiger partial charge < -0.3 is 20.5 Å². The van der Waals surface area contributed by atoms with Crippen molar-refractivity contribution in [1.29, 1.82) is 0 Å². The maximum Gasteiger partial charge on any atom is 0.0656 e. The van der Waals surface area contributed by atoms with E-state index in [0.29, 0.717) is 6.10 Å². The Balaban J connectivity index is 1.84. The van der Waals surface area contributed by atoms with E-state index < -0.39 is 5.54 Å². The minimum Gasteiger partial charge on any atom is -0.394 e. The van der Waals surface area contributed by atoms with E-state index in [2.05, 4.69) is 11.8 Å². The molecule has 0 radical (unpaired) electrons. The molecule has 0 amide bonds. The maximum atomic E-state index is 9.72. The van der Waals surface area contributed by atoms with Crippen molar-refractivity contribution >= 4 is 0 Å². The fourth-order valence-electron chi connectivity index (χ4n) is 2.98. The second-order valence-electron chi connectivity index (χ2n) is 5.93. The molecule has 1 aliphatic rings. The molecule has 2 rings (SSSR count). The van der Waals surface area contributed by atoms with Gasteiger partial charge in [0.2, 0.25) is 0 Å². The van der Waals surface area contributed by atoms with E-state index in [4.69, 9.17) is 10.5 Å². The van der Waals surface area contributed by atoms with Gasteiger partial charge in [-0.2, -0.15) is 0 Å². The highest BCUT2D eigenvalue weighted by atomic mass is 16.5. The second kappa shape index (κ2) is 7.90. The standard InChI is InChI=1S/C17H28N2O2/c1-2-21-16-8-11-19(12-9-16)13-10-17(18,14-20)15-6-4-3-5-7-15/h3-7,16,20H,2,8-14,18H2,1H3. The summed E-state index contributed by atoms with van der Waals surface area (Å²) in [5.41, 5.74) is 6.78. The van der Waals surface area contributed by atoms with Gasteiger partial charge in [-0.05, 0) is 31.7 Å². The van der Waals surface area contributed by atoms with Crippen LogP contribution in [0.4, 0.5) is 0 Å². The number of nitrogens with zero attached hydrogens (tertiary/aromatic N) is 1. The van der Waals surface area contributed by atoms with Gasteiger partial charge in [-0.15, -0.1) is 0 Å². The van der Waals surface area contributed by atoms with Gasteiger partial charge in [0.1, 0.15) is 0 Å². The van der Waals surface area contributed by atoms with Crippen LogP contribution in [0.5, 0.6) is 0 Å². The van der Waals surface area contributed by atoms with E-state index in [9.17, 15) is 5.11 Å². The molecule has 0 aromatic heterocycles. The van der Waals surface area contributed by atoms with Crippen LogP contribution in [-0.4, -0.2) is 49.0 Å². The molecular weight excluding hydrogens is 264 g/mol. The van der Waals surface area contributed by atoms with Crippen molar-refractivity contribution in [3.05, 3.63) is 35.9 Å². The van der Waals surface area contributed by atoms with Gasteiger partial charge in [-0.3, -0.25) is 0 Å². The molecule has 1 fully saturated rings. The lowest BCUT2D eigenvalue weighted by Crippen LogP contribution is -2.45. The molecule has 4 nitrogen and oxygen atoms in total. The number of aliphatic hydroxyl groups excluding tert-OH is 1. The molecule has 1 aromatic carbocycles. The first-order valence-electron chi connectivity index (χ1n) is 7.97. The van der Waals surface area contributed by atoms with E-state index in [0.717, 1.165) is 51.1 Å². The largest absolute Gasteiger partial charge is 0.394 e. The summed E-state index contributed by atoms with van der Waals surface area (Å²) in [6.07, 6.45) is 3.37. The summed E-state index contributed by atoms with van der Waals surface area (Å²) < 4.78 is 5.68. The van der Waals surface area contributed by atoms with E-state index in [-0.39, 0.29) is 6.61 Å². The van der Waals surface area contributed by atoms with E-state index >= 15 is 0 Å². The number of hydrogen-bond acceptors (Lipinski definition) is 4. The second-order valence-corrected chi connectivity index (χ2v) is 5.93. The molecule has 1 aliphatic heterocycles. The van der Waals surface area contributed by atoms with Crippen molar-refractivity contribution in [3.63, 3.8) is 0 Å². The Hall–Kier alpha value is -0.940. The molecule has 4 heteroatoms. The predicted octanol–water partition coefficient (Wildman–Crippen LogP) is 1.72. The predicted molar refractivity (Wildman–Crippen MR) is 85.1 cm³/mol. The van der Waals surface area contributed by atoms with Crippen molar-refractivity contribution < 1.29 is 9.84 Å². The first-order valence-corrected chi connectivity index (χ1v) is 7.97. The third kappa shape index (κ3) is 4.51. The smallest absolute Gasteiger partial charge is 0.0656 e.